The van der Waals surface area contributed by atoms with Gasteiger partial charge in [0.1, 0.15) is 0 Å². The van der Waals surface area contributed by atoms with Crippen LogP contribution in [0.5, 0.6) is 0 Å². The van der Waals surface area contributed by atoms with Gasteiger partial charge < -0.3 is 0 Å². The van der Waals surface area contributed by atoms with Crippen LogP contribution in [0.1, 0.15) is 10.9 Å². The minimum Gasteiger partial charge on any atom is -0.207 e. The fraction of sp³-hybridized carbons (Fsp3) is 0.158. The number of thioether (sulfide) groups is 1. The lowest BCUT2D eigenvalue weighted by Crippen LogP contribution is -2.30. The number of halogens is 1. The van der Waals surface area contributed by atoms with E-state index in [9.17, 15) is 8.42 Å². The Morgan fingerprint density at radius 3 is 2.44 bits per heavy atom. The number of fused-ring (bicyclic) bond motifs is 1. The third-order valence-electron chi connectivity index (χ3n) is 4.33. The summed E-state index contributed by atoms with van der Waals surface area (Å²) in [6.07, 6.45) is 0. The summed E-state index contributed by atoms with van der Waals surface area (Å²) in [6, 6.07) is 20.5. The van der Waals surface area contributed by atoms with Crippen molar-refractivity contribution >= 4 is 44.2 Å². The van der Waals surface area contributed by atoms with Crippen LogP contribution in [0.2, 0.25) is 5.02 Å². The van der Waals surface area contributed by atoms with E-state index in [4.69, 9.17) is 11.6 Å². The molecule has 0 aliphatic carbocycles. The van der Waals surface area contributed by atoms with E-state index in [2.05, 4.69) is 0 Å². The molecule has 0 saturated carbocycles. The van der Waals surface area contributed by atoms with Crippen molar-refractivity contribution in [3.63, 3.8) is 0 Å². The van der Waals surface area contributed by atoms with E-state index in [-0.39, 0.29) is 5.37 Å². The van der Waals surface area contributed by atoms with Crippen LogP contribution in [0, 0.1) is 0 Å². The molecule has 6 heteroatoms. The van der Waals surface area contributed by atoms with Gasteiger partial charge in [0.25, 0.3) is 0 Å². The monoisotopic (exact) mass is 389 g/mol. The molecule has 0 radical (unpaired) electrons. The standard InChI is InChI=1S/C19H16ClNO2S2/c20-17-8-5-15(6-9-17)19-21(11-12-24-19)25(22,23)18-10-7-14-3-1-2-4-16(14)13-18/h1-10,13,19H,11-12H2/t19-/m1/s1. The first kappa shape index (κ1) is 16.9. The highest BCUT2D eigenvalue weighted by Gasteiger charge is 2.36. The molecule has 0 spiro atoms. The van der Waals surface area contributed by atoms with Crippen LogP contribution in [0.25, 0.3) is 10.8 Å². The molecule has 0 N–H and O–H groups in total. The largest absolute Gasteiger partial charge is 0.244 e. The van der Waals surface area contributed by atoms with Crippen LogP contribution in [0.4, 0.5) is 0 Å². The normalized spacial score (nSPS) is 18.7. The van der Waals surface area contributed by atoms with E-state index in [1.807, 2.05) is 42.5 Å². The number of sulfonamides is 1. The van der Waals surface area contributed by atoms with Gasteiger partial charge in [-0.3, -0.25) is 0 Å². The van der Waals surface area contributed by atoms with Crippen LogP contribution in [-0.4, -0.2) is 25.0 Å². The zero-order valence-corrected chi connectivity index (χ0v) is 15.7. The summed E-state index contributed by atoms with van der Waals surface area (Å²) < 4.78 is 28.0. The van der Waals surface area contributed by atoms with E-state index in [0.29, 0.717) is 16.5 Å². The maximum Gasteiger partial charge on any atom is 0.244 e. The summed E-state index contributed by atoms with van der Waals surface area (Å²) in [4.78, 5) is 0.340. The molecule has 128 valence electrons. The van der Waals surface area contributed by atoms with E-state index in [0.717, 1.165) is 22.1 Å². The van der Waals surface area contributed by atoms with Gasteiger partial charge in [-0.15, -0.1) is 11.8 Å². The molecule has 4 rings (SSSR count). The smallest absolute Gasteiger partial charge is 0.207 e. The van der Waals surface area contributed by atoms with Gasteiger partial charge in [0, 0.05) is 17.3 Å². The molecule has 1 aliphatic rings. The number of rotatable bonds is 3. The minimum absolute atomic E-state index is 0.214. The topological polar surface area (TPSA) is 37.4 Å². The summed E-state index contributed by atoms with van der Waals surface area (Å²) in [6.45, 7) is 0.507. The Labute approximate surface area is 156 Å². The van der Waals surface area contributed by atoms with Crippen molar-refractivity contribution in [2.45, 2.75) is 10.3 Å². The molecule has 3 nitrogen and oxygen atoms in total. The predicted octanol–water partition coefficient (Wildman–Crippen LogP) is 4.93. The molecule has 1 fully saturated rings. The van der Waals surface area contributed by atoms with Crippen LogP contribution in [-0.2, 0) is 10.0 Å². The maximum atomic E-state index is 13.2. The molecule has 0 amide bonds. The molecule has 25 heavy (non-hydrogen) atoms. The van der Waals surface area contributed by atoms with Crippen molar-refractivity contribution < 1.29 is 8.42 Å². The van der Waals surface area contributed by atoms with Gasteiger partial charge in [-0.1, -0.05) is 54.1 Å². The number of nitrogens with zero attached hydrogens (tertiary/aromatic N) is 1. The second kappa shape index (κ2) is 6.65. The van der Waals surface area contributed by atoms with Gasteiger partial charge in [0.15, 0.2) is 0 Å². The van der Waals surface area contributed by atoms with Crippen LogP contribution in [0.15, 0.2) is 71.6 Å². The van der Waals surface area contributed by atoms with Crippen LogP contribution in [0.3, 0.4) is 0 Å². The van der Waals surface area contributed by atoms with E-state index >= 15 is 0 Å². The second-order valence-electron chi connectivity index (χ2n) is 5.90. The molecular weight excluding hydrogens is 374 g/mol. The summed E-state index contributed by atoms with van der Waals surface area (Å²) in [5, 5.41) is 2.40. The predicted molar refractivity (Wildman–Crippen MR) is 104 cm³/mol. The van der Waals surface area contributed by atoms with Crippen molar-refractivity contribution in [1.82, 2.24) is 4.31 Å². The molecule has 1 aliphatic heterocycles. The van der Waals surface area contributed by atoms with Gasteiger partial charge in [-0.25, -0.2) is 8.42 Å². The fourth-order valence-electron chi connectivity index (χ4n) is 3.05. The molecule has 0 aromatic heterocycles. The van der Waals surface area contributed by atoms with E-state index < -0.39 is 10.0 Å². The zero-order chi connectivity index (χ0) is 17.4. The van der Waals surface area contributed by atoms with Gasteiger partial charge in [-0.05, 0) is 40.6 Å². The Bertz CT molecular complexity index is 1020. The summed E-state index contributed by atoms with van der Waals surface area (Å²) in [7, 11) is -3.56. The Morgan fingerprint density at radius 2 is 1.68 bits per heavy atom. The Morgan fingerprint density at radius 1 is 0.960 bits per heavy atom. The van der Waals surface area contributed by atoms with Gasteiger partial charge in [0.05, 0.1) is 10.3 Å². The Hall–Kier alpha value is -1.53. The van der Waals surface area contributed by atoms with Gasteiger partial charge in [0.2, 0.25) is 10.0 Å². The summed E-state index contributed by atoms with van der Waals surface area (Å²) >= 11 is 7.60. The lowest BCUT2D eigenvalue weighted by atomic mass is 10.1. The molecule has 3 aromatic carbocycles. The Balaban J connectivity index is 1.73. The molecule has 1 atom stereocenters. The summed E-state index contributed by atoms with van der Waals surface area (Å²) in [5.74, 6) is 0.778. The second-order valence-corrected chi connectivity index (χ2v) is 9.41. The summed E-state index contributed by atoms with van der Waals surface area (Å²) in [5.41, 5.74) is 0.955. The minimum atomic E-state index is -3.56. The lowest BCUT2D eigenvalue weighted by molar-refractivity contribution is 0.434. The molecular formula is C19H16ClNO2S2. The highest BCUT2D eigenvalue weighted by molar-refractivity contribution is 8.01. The first-order chi connectivity index (χ1) is 12.1. The SMILES string of the molecule is O=S(=O)(c1ccc2ccccc2c1)N1CCS[C@@H]1c1ccc(Cl)cc1. The molecule has 1 saturated heterocycles. The average molecular weight is 390 g/mol. The quantitative estimate of drug-likeness (QED) is 0.637. The van der Waals surface area contributed by atoms with Crippen molar-refractivity contribution in [1.29, 1.82) is 0 Å². The maximum absolute atomic E-state index is 13.2. The highest BCUT2D eigenvalue weighted by atomic mass is 35.5. The third-order valence-corrected chi connectivity index (χ3v) is 7.84. The third kappa shape index (κ3) is 3.17. The van der Waals surface area contributed by atoms with E-state index in [1.165, 1.54) is 0 Å². The first-order valence-electron chi connectivity index (χ1n) is 7.93. The Kier molecular flexibility index (Phi) is 4.50. The number of hydrogen-bond acceptors (Lipinski definition) is 3. The molecule has 0 bridgehead atoms. The van der Waals surface area contributed by atoms with Crippen molar-refractivity contribution in [3.8, 4) is 0 Å². The highest BCUT2D eigenvalue weighted by Crippen LogP contribution is 2.41. The van der Waals surface area contributed by atoms with Crippen molar-refractivity contribution in [2.24, 2.45) is 0 Å². The fourth-order valence-corrected chi connectivity index (χ4v) is 6.46. The molecule has 0 unspecified atom stereocenters. The lowest BCUT2D eigenvalue weighted by Gasteiger charge is -2.23. The number of benzene rings is 3. The van der Waals surface area contributed by atoms with Crippen LogP contribution < -0.4 is 0 Å². The molecule has 3 aromatic rings. The van der Waals surface area contributed by atoms with Crippen LogP contribution >= 0.6 is 23.4 Å². The van der Waals surface area contributed by atoms with E-state index in [1.54, 1.807) is 40.3 Å². The first-order valence-corrected chi connectivity index (χ1v) is 10.8. The zero-order valence-electron chi connectivity index (χ0n) is 13.3. The molecule has 1 heterocycles. The van der Waals surface area contributed by atoms with Gasteiger partial charge >= 0.3 is 0 Å². The average Bonchev–Trinajstić information content (AvgIpc) is 3.12. The van der Waals surface area contributed by atoms with Crippen molar-refractivity contribution in [2.75, 3.05) is 12.3 Å². The van der Waals surface area contributed by atoms with Crippen molar-refractivity contribution in [3.05, 3.63) is 77.3 Å². The number of hydrogen-bond donors (Lipinski definition) is 0. The van der Waals surface area contributed by atoms with Gasteiger partial charge in [-0.2, -0.15) is 4.31 Å².